The number of anilines is 2. The molecule has 0 aliphatic rings. The molecule has 0 bridgehead atoms. The van der Waals surface area contributed by atoms with E-state index in [4.69, 9.17) is 19.7 Å². The topological polar surface area (TPSA) is 99.6 Å². The Labute approximate surface area is 128 Å². The molecular formula is C15H19N3O4. The molecular weight excluding hydrogens is 286 g/mol. The zero-order valence-electron chi connectivity index (χ0n) is 13.0. The van der Waals surface area contributed by atoms with E-state index in [9.17, 15) is 4.79 Å². The van der Waals surface area contributed by atoms with Crippen LogP contribution in [0, 0.1) is 0 Å². The Kier molecular flexibility index (Phi) is 4.25. The first-order chi connectivity index (χ1) is 10.3. The highest BCUT2D eigenvalue weighted by atomic mass is 16.6. The molecule has 7 nitrogen and oxygen atoms in total. The standard InChI is InChI=1S/C15H19N3O4/c1-15(2,3)21-14(19)17-10-6-5-9(7-12(10)20-4)11-8-13(16)22-18-11/h5-8H,16H2,1-4H3,(H,17,19). The Morgan fingerprint density at radius 2 is 2.05 bits per heavy atom. The van der Waals surface area contributed by atoms with Gasteiger partial charge in [0, 0.05) is 11.6 Å². The van der Waals surface area contributed by atoms with Gasteiger partial charge in [-0.15, -0.1) is 0 Å². The van der Waals surface area contributed by atoms with Gasteiger partial charge in [0.15, 0.2) is 0 Å². The quantitative estimate of drug-likeness (QED) is 0.902. The predicted molar refractivity (Wildman–Crippen MR) is 82.8 cm³/mol. The van der Waals surface area contributed by atoms with Gasteiger partial charge >= 0.3 is 6.09 Å². The number of carbonyl (C=O) groups is 1. The molecule has 1 heterocycles. The SMILES string of the molecule is COc1cc(-c2cc(N)on2)ccc1NC(=O)OC(C)(C)C. The number of nitrogens with zero attached hydrogens (tertiary/aromatic N) is 1. The van der Waals surface area contributed by atoms with Crippen molar-refractivity contribution in [2.75, 3.05) is 18.2 Å². The molecule has 22 heavy (non-hydrogen) atoms. The number of methoxy groups -OCH3 is 1. The predicted octanol–water partition coefficient (Wildman–Crippen LogP) is 3.28. The van der Waals surface area contributed by atoms with Crippen molar-refractivity contribution < 1.29 is 18.8 Å². The second-order valence-electron chi connectivity index (χ2n) is 5.66. The molecule has 0 saturated heterocycles. The van der Waals surface area contributed by atoms with Gasteiger partial charge in [0.2, 0.25) is 5.88 Å². The van der Waals surface area contributed by atoms with Gasteiger partial charge in [-0.25, -0.2) is 4.79 Å². The average Bonchev–Trinajstić information content (AvgIpc) is 2.83. The Bertz CT molecular complexity index is 674. The first kappa shape index (κ1) is 15.7. The van der Waals surface area contributed by atoms with E-state index in [1.165, 1.54) is 7.11 Å². The number of benzene rings is 1. The summed E-state index contributed by atoms with van der Waals surface area (Å²) in [5, 5.41) is 6.48. The van der Waals surface area contributed by atoms with Crippen molar-refractivity contribution in [1.82, 2.24) is 5.16 Å². The molecule has 1 aromatic heterocycles. The van der Waals surface area contributed by atoms with Gasteiger partial charge in [0.05, 0.1) is 12.8 Å². The minimum absolute atomic E-state index is 0.227. The molecule has 0 spiro atoms. The molecule has 0 unspecified atom stereocenters. The maximum atomic E-state index is 11.8. The number of hydrogen-bond acceptors (Lipinski definition) is 6. The van der Waals surface area contributed by atoms with Crippen LogP contribution in [0.5, 0.6) is 5.75 Å². The molecule has 0 aliphatic carbocycles. The van der Waals surface area contributed by atoms with E-state index < -0.39 is 11.7 Å². The highest BCUT2D eigenvalue weighted by Crippen LogP contribution is 2.31. The molecule has 7 heteroatoms. The fourth-order valence-electron chi connectivity index (χ4n) is 1.79. The highest BCUT2D eigenvalue weighted by molar-refractivity contribution is 5.87. The molecule has 118 valence electrons. The summed E-state index contributed by atoms with van der Waals surface area (Å²) in [5.74, 6) is 0.704. The van der Waals surface area contributed by atoms with E-state index in [1.807, 2.05) is 0 Å². The molecule has 3 N–H and O–H groups in total. The van der Waals surface area contributed by atoms with Gasteiger partial charge in [-0.3, -0.25) is 5.32 Å². The van der Waals surface area contributed by atoms with Crippen molar-refractivity contribution in [2.24, 2.45) is 0 Å². The number of carbonyl (C=O) groups excluding carboxylic acids is 1. The van der Waals surface area contributed by atoms with E-state index >= 15 is 0 Å². The number of nitrogens with two attached hydrogens (primary N) is 1. The van der Waals surface area contributed by atoms with Crippen LogP contribution in [0.1, 0.15) is 20.8 Å². The van der Waals surface area contributed by atoms with Crippen molar-refractivity contribution in [2.45, 2.75) is 26.4 Å². The van der Waals surface area contributed by atoms with Crippen LogP contribution >= 0.6 is 0 Å². The third-order valence-electron chi connectivity index (χ3n) is 2.66. The van der Waals surface area contributed by atoms with Gasteiger partial charge < -0.3 is 19.7 Å². The maximum Gasteiger partial charge on any atom is 0.412 e. The Morgan fingerprint density at radius 3 is 2.59 bits per heavy atom. The van der Waals surface area contributed by atoms with E-state index in [1.54, 1.807) is 45.0 Å². The molecule has 2 rings (SSSR count). The summed E-state index contributed by atoms with van der Waals surface area (Å²) in [6.07, 6.45) is -0.552. The van der Waals surface area contributed by atoms with Crippen LogP contribution in [0.2, 0.25) is 0 Å². The highest BCUT2D eigenvalue weighted by Gasteiger charge is 2.18. The first-order valence-electron chi connectivity index (χ1n) is 6.69. The second-order valence-corrected chi connectivity index (χ2v) is 5.66. The van der Waals surface area contributed by atoms with Gasteiger partial charge in [-0.05, 0) is 32.9 Å². The lowest BCUT2D eigenvalue weighted by molar-refractivity contribution is 0.0635. The zero-order chi connectivity index (χ0) is 16.3. The van der Waals surface area contributed by atoms with E-state index in [2.05, 4.69) is 10.5 Å². The fraction of sp³-hybridized carbons (Fsp3) is 0.333. The molecule has 0 radical (unpaired) electrons. The van der Waals surface area contributed by atoms with Crippen molar-refractivity contribution in [3.63, 3.8) is 0 Å². The summed E-state index contributed by atoms with van der Waals surface area (Å²) in [5.41, 5.74) is 6.77. The van der Waals surface area contributed by atoms with Crippen LogP contribution in [-0.2, 0) is 4.74 Å². The summed E-state index contributed by atoms with van der Waals surface area (Å²) < 4.78 is 15.3. The van der Waals surface area contributed by atoms with Crippen LogP contribution < -0.4 is 15.8 Å². The number of hydrogen-bond donors (Lipinski definition) is 2. The summed E-state index contributed by atoms with van der Waals surface area (Å²) >= 11 is 0. The van der Waals surface area contributed by atoms with Crippen LogP contribution in [0.25, 0.3) is 11.3 Å². The average molecular weight is 305 g/mol. The van der Waals surface area contributed by atoms with Crippen molar-refractivity contribution in [3.8, 4) is 17.0 Å². The molecule has 0 atom stereocenters. The maximum absolute atomic E-state index is 11.8. The fourth-order valence-corrected chi connectivity index (χ4v) is 1.79. The summed E-state index contributed by atoms with van der Waals surface area (Å²) in [7, 11) is 1.51. The van der Waals surface area contributed by atoms with Crippen molar-refractivity contribution in [3.05, 3.63) is 24.3 Å². The lowest BCUT2D eigenvalue weighted by Gasteiger charge is -2.20. The molecule has 0 aliphatic heterocycles. The lowest BCUT2D eigenvalue weighted by atomic mass is 10.1. The van der Waals surface area contributed by atoms with E-state index in [0.717, 1.165) is 5.56 Å². The number of aromatic nitrogens is 1. The smallest absolute Gasteiger partial charge is 0.412 e. The minimum Gasteiger partial charge on any atom is -0.495 e. The van der Waals surface area contributed by atoms with E-state index in [0.29, 0.717) is 17.1 Å². The summed E-state index contributed by atoms with van der Waals surface area (Å²) in [4.78, 5) is 11.8. The number of rotatable bonds is 3. The van der Waals surface area contributed by atoms with E-state index in [-0.39, 0.29) is 5.88 Å². The zero-order valence-corrected chi connectivity index (χ0v) is 13.0. The number of ether oxygens (including phenoxy) is 2. The van der Waals surface area contributed by atoms with Crippen LogP contribution in [-0.4, -0.2) is 24.0 Å². The minimum atomic E-state index is -0.574. The number of nitrogen functional groups attached to an aromatic ring is 1. The third kappa shape index (κ3) is 3.91. The third-order valence-corrected chi connectivity index (χ3v) is 2.66. The van der Waals surface area contributed by atoms with Crippen LogP contribution in [0.3, 0.4) is 0 Å². The molecule has 1 aromatic carbocycles. The summed E-state index contributed by atoms with van der Waals surface area (Å²) in [6.45, 7) is 5.38. The number of amides is 1. The molecule has 1 amide bonds. The Hall–Kier alpha value is -2.70. The largest absolute Gasteiger partial charge is 0.495 e. The Morgan fingerprint density at radius 1 is 1.32 bits per heavy atom. The van der Waals surface area contributed by atoms with Crippen molar-refractivity contribution in [1.29, 1.82) is 0 Å². The molecule has 0 fully saturated rings. The van der Waals surface area contributed by atoms with Crippen LogP contribution in [0.15, 0.2) is 28.8 Å². The monoisotopic (exact) mass is 305 g/mol. The summed E-state index contributed by atoms with van der Waals surface area (Å²) in [6, 6.07) is 6.80. The van der Waals surface area contributed by atoms with Gasteiger partial charge in [-0.1, -0.05) is 11.2 Å². The van der Waals surface area contributed by atoms with Crippen molar-refractivity contribution >= 4 is 17.7 Å². The number of nitrogens with one attached hydrogen (secondary N) is 1. The van der Waals surface area contributed by atoms with Gasteiger partial charge in [0.1, 0.15) is 17.0 Å². The molecule has 2 aromatic rings. The first-order valence-corrected chi connectivity index (χ1v) is 6.69. The lowest BCUT2D eigenvalue weighted by Crippen LogP contribution is -2.27. The normalized spacial score (nSPS) is 11.1. The second kappa shape index (κ2) is 5.97. The Balaban J connectivity index is 2.21. The van der Waals surface area contributed by atoms with Gasteiger partial charge in [-0.2, -0.15) is 0 Å². The molecule has 0 saturated carbocycles. The van der Waals surface area contributed by atoms with Gasteiger partial charge in [0.25, 0.3) is 0 Å². The van der Waals surface area contributed by atoms with Crippen LogP contribution in [0.4, 0.5) is 16.4 Å².